The van der Waals surface area contributed by atoms with Gasteiger partial charge in [0.1, 0.15) is 12.1 Å². The Morgan fingerprint density at radius 3 is 2.71 bits per heavy atom. The number of hydrogen-bond donors (Lipinski definition) is 1. The largest absolute Gasteiger partial charge is 0.491 e. The molecule has 31 heavy (non-hydrogen) atoms. The second kappa shape index (κ2) is 9.47. The molecule has 0 atom stereocenters. The van der Waals surface area contributed by atoms with E-state index in [1.165, 1.54) is 0 Å². The fourth-order valence-electron chi connectivity index (χ4n) is 3.92. The molecular weight excluding hydrogens is 392 g/mol. The molecule has 7 heteroatoms. The predicted molar refractivity (Wildman–Crippen MR) is 119 cm³/mol. The zero-order chi connectivity index (χ0) is 21.8. The molecule has 1 aliphatic rings. The summed E-state index contributed by atoms with van der Waals surface area (Å²) >= 11 is 0. The van der Waals surface area contributed by atoms with Gasteiger partial charge >= 0.3 is 0 Å². The Balaban J connectivity index is 1.42. The number of aryl methyl sites for hydroxylation is 1. The molecule has 0 spiro atoms. The average Bonchev–Trinajstić information content (AvgIpc) is 3.20. The molecule has 1 aromatic carbocycles. The molecular formula is C24H30N4O3. The van der Waals surface area contributed by atoms with Crippen LogP contribution in [-0.2, 0) is 11.2 Å². The Morgan fingerprint density at radius 2 is 2.00 bits per heavy atom. The molecule has 164 valence electrons. The summed E-state index contributed by atoms with van der Waals surface area (Å²) in [6.07, 6.45) is 4.48. The van der Waals surface area contributed by atoms with E-state index in [0.29, 0.717) is 23.8 Å². The van der Waals surface area contributed by atoms with E-state index in [-0.39, 0.29) is 12.0 Å². The van der Waals surface area contributed by atoms with Crippen molar-refractivity contribution in [3.63, 3.8) is 0 Å². The molecule has 1 saturated heterocycles. The molecule has 1 amide bonds. The number of benzene rings is 1. The van der Waals surface area contributed by atoms with Gasteiger partial charge in [-0.3, -0.25) is 9.20 Å². The number of ether oxygens (including phenoxy) is 2. The molecule has 0 unspecified atom stereocenters. The second-order valence-corrected chi connectivity index (χ2v) is 8.31. The van der Waals surface area contributed by atoms with Crippen LogP contribution in [0.5, 0.6) is 5.75 Å². The summed E-state index contributed by atoms with van der Waals surface area (Å²) in [4.78, 5) is 22.0. The van der Waals surface area contributed by atoms with Crippen molar-refractivity contribution < 1.29 is 14.3 Å². The van der Waals surface area contributed by atoms with Gasteiger partial charge in [-0.2, -0.15) is 0 Å². The van der Waals surface area contributed by atoms with Crippen LogP contribution in [0.1, 0.15) is 60.0 Å². The molecule has 1 fully saturated rings. The number of nitrogens with one attached hydrogen (secondary N) is 1. The summed E-state index contributed by atoms with van der Waals surface area (Å²) in [5.41, 5.74) is 4.18. The van der Waals surface area contributed by atoms with E-state index in [2.05, 4.69) is 16.4 Å². The average molecular weight is 423 g/mol. The number of nitrogens with zero attached hydrogens (tertiary/aromatic N) is 3. The Kier molecular flexibility index (Phi) is 6.51. The van der Waals surface area contributed by atoms with Crippen molar-refractivity contribution in [2.45, 2.75) is 52.1 Å². The molecule has 1 aliphatic heterocycles. The fraction of sp³-hybridized carbons (Fsp3) is 0.458. The lowest BCUT2D eigenvalue weighted by Gasteiger charge is -2.22. The van der Waals surface area contributed by atoms with E-state index < -0.39 is 0 Å². The molecule has 0 aliphatic carbocycles. The predicted octanol–water partition coefficient (Wildman–Crippen LogP) is 3.69. The second-order valence-electron chi connectivity index (χ2n) is 8.31. The van der Waals surface area contributed by atoms with Crippen LogP contribution in [0.2, 0.25) is 0 Å². The lowest BCUT2D eigenvalue weighted by molar-refractivity contribution is 0.0845. The van der Waals surface area contributed by atoms with Gasteiger partial charge in [-0.15, -0.1) is 0 Å². The molecule has 0 saturated carbocycles. The highest BCUT2D eigenvalue weighted by Gasteiger charge is 2.21. The number of imidazole rings is 1. The number of rotatable bonds is 7. The fourth-order valence-corrected chi connectivity index (χ4v) is 3.92. The van der Waals surface area contributed by atoms with Gasteiger partial charge in [-0.1, -0.05) is 12.1 Å². The van der Waals surface area contributed by atoms with E-state index in [1.54, 1.807) is 6.33 Å². The minimum Gasteiger partial charge on any atom is -0.491 e. The van der Waals surface area contributed by atoms with E-state index in [0.717, 1.165) is 55.2 Å². The number of aromatic nitrogens is 3. The maximum Gasteiger partial charge on any atom is 0.273 e. The van der Waals surface area contributed by atoms with Gasteiger partial charge in [-0.25, -0.2) is 9.97 Å². The minimum absolute atomic E-state index is 0.152. The van der Waals surface area contributed by atoms with Gasteiger partial charge in [0.05, 0.1) is 6.10 Å². The van der Waals surface area contributed by atoms with Gasteiger partial charge in [0.2, 0.25) is 0 Å². The third kappa shape index (κ3) is 5.05. The van der Waals surface area contributed by atoms with Crippen molar-refractivity contribution in [1.82, 2.24) is 19.7 Å². The molecule has 0 radical (unpaired) electrons. The van der Waals surface area contributed by atoms with Crippen LogP contribution in [0.4, 0.5) is 0 Å². The molecule has 3 aromatic rings. The quantitative estimate of drug-likeness (QED) is 0.628. The summed E-state index contributed by atoms with van der Waals surface area (Å²) in [6, 6.07) is 10.1. The normalized spacial score (nSPS) is 14.8. The highest BCUT2D eigenvalue weighted by Crippen LogP contribution is 2.27. The van der Waals surface area contributed by atoms with E-state index in [1.807, 2.05) is 49.4 Å². The van der Waals surface area contributed by atoms with Gasteiger partial charge in [0.25, 0.3) is 5.91 Å². The molecule has 3 heterocycles. The van der Waals surface area contributed by atoms with Crippen LogP contribution < -0.4 is 10.1 Å². The van der Waals surface area contributed by atoms with Crippen molar-refractivity contribution in [3.05, 3.63) is 59.3 Å². The highest BCUT2D eigenvalue weighted by molar-refractivity contribution is 5.98. The van der Waals surface area contributed by atoms with Crippen molar-refractivity contribution in [2.75, 3.05) is 19.8 Å². The van der Waals surface area contributed by atoms with Crippen LogP contribution in [0.3, 0.4) is 0 Å². The topological polar surface area (TPSA) is 77.8 Å². The number of carbonyl (C=O) groups is 1. The number of amides is 1. The van der Waals surface area contributed by atoms with Crippen LogP contribution in [0.25, 0.3) is 5.65 Å². The first kappa shape index (κ1) is 21.3. The summed E-state index contributed by atoms with van der Waals surface area (Å²) in [5, 5.41) is 2.98. The maximum absolute atomic E-state index is 12.8. The Bertz CT molecular complexity index is 1040. The molecule has 2 aromatic heterocycles. The summed E-state index contributed by atoms with van der Waals surface area (Å²) in [7, 11) is 0. The monoisotopic (exact) mass is 422 g/mol. The van der Waals surface area contributed by atoms with Crippen LogP contribution in [-0.4, -0.2) is 46.1 Å². The molecule has 4 rings (SSSR count). The summed E-state index contributed by atoms with van der Waals surface area (Å²) in [6.45, 7) is 8.08. The van der Waals surface area contributed by atoms with E-state index in [9.17, 15) is 4.79 Å². The van der Waals surface area contributed by atoms with Crippen molar-refractivity contribution in [3.8, 4) is 5.75 Å². The van der Waals surface area contributed by atoms with Crippen molar-refractivity contribution in [1.29, 1.82) is 0 Å². The summed E-state index contributed by atoms with van der Waals surface area (Å²) in [5.74, 6) is 1.03. The number of carbonyl (C=O) groups excluding carboxylic acids is 1. The van der Waals surface area contributed by atoms with Crippen molar-refractivity contribution >= 4 is 11.6 Å². The SMILES string of the molecule is Cc1cc(C2CCOCC2)nc2c(C(=O)NCCc3ccc(OC(C)C)cc3)ncn12. The van der Waals surface area contributed by atoms with E-state index >= 15 is 0 Å². The molecule has 0 bridgehead atoms. The standard InChI is InChI=1S/C24H30N4O3/c1-16(2)31-20-6-4-18(5-7-20)8-11-25-24(29)22-23-27-21(19-9-12-30-13-10-19)14-17(3)28(23)15-26-22/h4-7,14-16,19H,8-13H2,1-3H3,(H,25,29). The molecule has 7 nitrogen and oxygen atoms in total. The van der Waals surface area contributed by atoms with E-state index in [4.69, 9.17) is 14.5 Å². The number of hydrogen-bond acceptors (Lipinski definition) is 5. The summed E-state index contributed by atoms with van der Waals surface area (Å²) < 4.78 is 13.0. The Hall–Kier alpha value is -2.93. The molecule has 1 N–H and O–H groups in total. The zero-order valence-corrected chi connectivity index (χ0v) is 18.4. The van der Waals surface area contributed by atoms with Crippen LogP contribution in [0, 0.1) is 6.92 Å². The first-order chi connectivity index (χ1) is 15.0. The first-order valence-electron chi connectivity index (χ1n) is 11.0. The van der Waals surface area contributed by atoms with Gasteiger partial charge in [-0.05, 0) is 63.8 Å². The smallest absolute Gasteiger partial charge is 0.273 e. The van der Waals surface area contributed by atoms with Crippen LogP contribution in [0.15, 0.2) is 36.7 Å². The van der Waals surface area contributed by atoms with Crippen LogP contribution >= 0.6 is 0 Å². The lowest BCUT2D eigenvalue weighted by atomic mass is 9.96. The third-order valence-electron chi connectivity index (χ3n) is 5.56. The van der Waals surface area contributed by atoms with Gasteiger partial charge in [0, 0.05) is 37.1 Å². The minimum atomic E-state index is -0.196. The maximum atomic E-state index is 12.8. The highest BCUT2D eigenvalue weighted by atomic mass is 16.5. The number of fused-ring (bicyclic) bond motifs is 1. The zero-order valence-electron chi connectivity index (χ0n) is 18.4. The first-order valence-corrected chi connectivity index (χ1v) is 11.0. The Morgan fingerprint density at radius 1 is 1.26 bits per heavy atom. The van der Waals surface area contributed by atoms with Gasteiger partial charge < -0.3 is 14.8 Å². The van der Waals surface area contributed by atoms with Gasteiger partial charge in [0.15, 0.2) is 11.3 Å². The lowest BCUT2D eigenvalue weighted by Crippen LogP contribution is -2.26. The third-order valence-corrected chi connectivity index (χ3v) is 5.56. The van der Waals surface area contributed by atoms with Crippen molar-refractivity contribution in [2.24, 2.45) is 0 Å². The Labute approximate surface area is 182 Å².